The van der Waals surface area contributed by atoms with Crippen LogP contribution in [0.3, 0.4) is 0 Å². The Balaban J connectivity index is 2.23. The zero-order chi connectivity index (χ0) is 11.5. The average Bonchev–Trinajstić information content (AvgIpc) is 2.30. The first kappa shape index (κ1) is 10.6. The van der Waals surface area contributed by atoms with Crippen LogP contribution in [0.25, 0.3) is 0 Å². The van der Waals surface area contributed by atoms with Gasteiger partial charge in [-0.1, -0.05) is 0 Å². The van der Waals surface area contributed by atoms with E-state index in [4.69, 9.17) is 4.74 Å². The standard InChI is InChI=1S/C11H14N2O3/c1-13-5-6-16-10-4-3-8(7-9(10)13)12-11(14)15-2/h3-4,7H,5-6H2,1-2H3,(H,12,14). The molecule has 1 amide bonds. The quantitative estimate of drug-likeness (QED) is 0.785. The lowest BCUT2D eigenvalue weighted by atomic mass is 10.2. The molecule has 5 heteroatoms. The molecule has 0 aliphatic carbocycles. The number of rotatable bonds is 1. The van der Waals surface area contributed by atoms with Crippen LogP contribution >= 0.6 is 0 Å². The highest BCUT2D eigenvalue weighted by Gasteiger charge is 2.15. The summed E-state index contributed by atoms with van der Waals surface area (Å²) < 4.78 is 10.0. The molecule has 0 aromatic heterocycles. The minimum atomic E-state index is -0.473. The maximum atomic E-state index is 11.1. The van der Waals surface area contributed by atoms with Gasteiger partial charge in [0.25, 0.3) is 0 Å². The van der Waals surface area contributed by atoms with Crippen molar-refractivity contribution in [1.29, 1.82) is 0 Å². The van der Waals surface area contributed by atoms with Crippen LogP contribution in [0.5, 0.6) is 5.75 Å². The summed E-state index contributed by atoms with van der Waals surface area (Å²) in [6.45, 7) is 1.53. The summed E-state index contributed by atoms with van der Waals surface area (Å²) in [6, 6.07) is 5.50. The van der Waals surface area contributed by atoms with E-state index in [0.717, 1.165) is 18.0 Å². The number of nitrogens with one attached hydrogen (secondary N) is 1. The van der Waals surface area contributed by atoms with Gasteiger partial charge in [-0.15, -0.1) is 0 Å². The fourth-order valence-corrected chi connectivity index (χ4v) is 1.60. The molecule has 0 unspecified atom stereocenters. The summed E-state index contributed by atoms with van der Waals surface area (Å²) in [5.41, 5.74) is 1.67. The molecule has 16 heavy (non-hydrogen) atoms. The SMILES string of the molecule is COC(=O)Nc1ccc2c(c1)N(C)CCO2. The van der Waals surface area contributed by atoms with E-state index in [1.165, 1.54) is 7.11 Å². The highest BCUT2D eigenvalue weighted by molar-refractivity contribution is 5.86. The topological polar surface area (TPSA) is 50.8 Å². The van der Waals surface area contributed by atoms with E-state index in [9.17, 15) is 4.79 Å². The van der Waals surface area contributed by atoms with Crippen LogP contribution in [-0.4, -0.2) is 33.4 Å². The van der Waals surface area contributed by atoms with Crippen LogP contribution < -0.4 is 15.0 Å². The summed E-state index contributed by atoms with van der Waals surface area (Å²) in [6.07, 6.45) is -0.473. The monoisotopic (exact) mass is 222 g/mol. The van der Waals surface area contributed by atoms with Crippen molar-refractivity contribution in [3.05, 3.63) is 18.2 Å². The Labute approximate surface area is 93.9 Å². The molecule has 0 fully saturated rings. The third kappa shape index (κ3) is 2.03. The fourth-order valence-electron chi connectivity index (χ4n) is 1.60. The van der Waals surface area contributed by atoms with Crippen molar-refractivity contribution in [2.24, 2.45) is 0 Å². The van der Waals surface area contributed by atoms with Crippen LogP contribution in [0, 0.1) is 0 Å². The molecule has 1 N–H and O–H groups in total. The predicted molar refractivity (Wildman–Crippen MR) is 61.2 cm³/mol. The van der Waals surface area contributed by atoms with Crippen molar-refractivity contribution in [2.75, 3.05) is 37.5 Å². The molecule has 0 saturated heterocycles. The Morgan fingerprint density at radius 2 is 2.38 bits per heavy atom. The molecule has 1 aliphatic rings. The van der Waals surface area contributed by atoms with Crippen molar-refractivity contribution in [3.63, 3.8) is 0 Å². The second-order valence-corrected chi connectivity index (χ2v) is 3.57. The molecule has 1 heterocycles. The third-order valence-electron chi connectivity index (χ3n) is 2.49. The molecule has 0 atom stereocenters. The van der Waals surface area contributed by atoms with E-state index in [0.29, 0.717) is 12.3 Å². The minimum Gasteiger partial charge on any atom is -0.490 e. The largest absolute Gasteiger partial charge is 0.490 e. The Morgan fingerprint density at radius 1 is 1.56 bits per heavy atom. The van der Waals surface area contributed by atoms with Crippen molar-refractivity contribution in [3.8, 4) is 5.75 Å². The van der Waals surface area contributed by atoms with Gasteiger partial charge in [0.1, 0.15) is 12.4 Å². The van der Waals surface area contributed by atoms with E-state index < -0.39 is 6.09 Å². The van der Waals surface area contributed by atoms with Gasteiger partial charge in [0.15, 0.2) is 0 Å². The zero-order valence-corrected chi connectivity index (χ0v) is 9.32. The Bertz CT molecular complexity index is 406. The number of methoxy groups -OCH3 is 1. The lowest BCUT2D eigenvalue weighted by molar-refractivity contribution is 0.187. The Hall–Kier alpha value is -1.91. The number of anilines is 2. The maximum Gasteiger partial charge on any atom is 0.411 e. The van der Waals surface area contributed by atoms with E-state index >= 15 is 0 Å². The van der Waals surface area contributed by atoms with Crippen LogP contribution in [-0.2, 0) is 4.74 Å². The highest BCUT2D eigenvalue weighted by Crippen LogP contribution is 2.33. The normalized spacial score (nSPS) is 13.8. The van der Waals surface area contributed by atoms with E-state index in [1.807, 2.05) is 19.2 Å². The van der Waals surface area contributed by atoms with Crippen molar-refractivity contribution < 1.29 is 14.3 Å². The molecule has 86 valence electrons. The van der Waals surface area contributed by atoms with Gasteiger partial charge in [-0.3, -0.25) is 5.32 Å². The number of amides is 1. The van der Waals surface area contributed by atoms with Crippen LogP contribution in [0.4, 0.5) is 16.2 Å². The van der Waals surface area contributed by atoms with Gasteiger partial charge in [-0.2, -0.15) is 0 Å². The molecule has 0 bridgehead atoms. The lowest BCUT2D eigenvalue weighted by Crippen LogP contribution is -2.28. The molecule has 0 radical (unpaired) electrons. The van der Waals surface area contributed by atoms with Gasteiger partial charge in [0.2, 0.25) is 0 Å². The first-order valence-corrected chi connectivity index (χ1v) is 5.03. The number of nitrogens with zero attached hydrogens (tertiary/aromatic N) is 1. The number of carbonyl (C=O) groups is 1. The molecule has 1 aromatic rings. The number of carbonyl (C=O) groups excluding carboxylic acids is 1. The second kappa shape index (κ2) is 4.30. The average molecular weight is 222 g/mol. The fraction of sp³-hybridized carbons (Fsp3) is 0.364. The highest BCUT2D eigenvalue weighted by atomic mass is 16.5. The van der Waals surface area contributed by atoms with Crippen LogP contribution in [0.15, 0.2) is 18.2 Å². The molecule has 0 spiro atoms. The summed E-state index contributed by atoms with van der Waals surface area (Å²) in [7, 11) is 3.33. The Kier molecular flexibility index (Phi) is 2.85. The third-order valence-corrected chi connectivity index (χ3v) is 2.49. The summed E-state index contributed by atoms with van der Waals surface area (Å²) >= 11 is 0. The van der Waals surface area contributed by atoms with Crippen molar-refractivity contribution >= 4 is 17.5 Å². The maximum absolute atomic E-state index is 11.1. The summed E-state index contributed by atoms with van der Waals surface area (Å²) in [4.78, 5) is 13.1. The molecule has 1 aromatic carbocycles. The second-order valence-electron chi connectivity index (χ2n) is 3.57. The van der Waals surface area contributed by atoms with Crippen LogP contribution in [0.2, 0.25) is 0 Å². The molecule has 1 aliphatic heterocycles. The molecular weight excluding hydrogens is 208 g/mol. The van der Waals surface area contributed by atoms with Crippen molar-refractivity contribution in [1.82, 2.24) is 0 Å². The number of hydrogen-bond acceptors (Lipinski definition) is 4. The van der Waals surface area contributed by atoms with Gasteiger partial charge in [0, 0.05) is 12.7 Å². The number of hydrogen-bond donors (Lipinski definition) is 1. The van der Waals surface area contributed by atoms with E-state index in [2.05, 4.69) is 15.0 Å². The van der Waals surface area contributed by atoms with Gasteiger partial charge >= 0.3 is 6.09 Å². The first-order chi connectivity index (χ1) is 7.70. The summed E-state index contributed by atoms with van der Waals surface area (Å²) in [5.74, 6) is 0.837. The number of fused-ring (bicyclic) bond motifs is 1. The molecule has 2 rings (SSSR count). The number of benzene rings is 1. The summed E-state index contributed by atoms with van der Waals surface area (Å²) in [5, 5.41) is 2.62. The Morgan fingerprint density at radius 3 is 3.12 bits per heavy atom. The smallest absolute Gasteiger partial charge is 0.411 e. The predicted octanol–water partition coefficient (Wildman–Crippen LogP) is 1.69. The van der Waals surface area contributed by atoms with Gasteiger partial charge < -0.3 is 14.4 Å². The van der Waals surface area contributed by atoms with Gasteiger partial charge in [0.05, 0.1) is 19.3 Å². The van der Waals surface area contributed by atoms with E-state index in [-0.39, 0.29) is 0 Å². The minimum absolute atomic E-state index is 0.473. The zero-order valence-electron chi connectivity index (χ0n) is 9.32. The van der Waals surface area contributed by atoms with E-state index in [1.54, 1.807) is 6.07 Å². The van der Waals surface area contributed by atoms with Gasteiger partial charge in [-0.25, -0.2) is 4.79 Å². The number of ether oxygens (including phenoxy) is 2. The molecular formula is C11H14N2O3. The molecule has 0 saturated carbocycles. The lowest BCUT2D eigenvalue weighted by Gasteiger charge is -2.28. The first-order valence-electron chi connectivity index (χ1n) is 5.03. The van der Waals surface area contributed by atoms with Crippen molar-refractivity contribution in [2.45, 2.75) is 0 Å². The molecule has 5 nitrogen and oxygen atoms in total. The van der Waals surface area contributed by atoms with Crippen LogP contribution in [0.1, 0.15) is 0 Å². The van der Waals surface area contributed by atoms with Gasteiger partial charge in [-0.05, 0) is 18.2 Å². The number of likely N-dealkylation sites (N-methyl/N-ethyl adjacent to an activating group) is 1.